The van der Waals surface area contributed by atoms with Gasteiger partial charge in [0.1, 0.15) is 0 Å². The van der Waals surface area contributed by atoms with Gasteiger partial charge in [0.15, 0.2) is 0 Å². The fourth-order valence-electron chi connectivity index (χ4n) is 4.69. The molecule has 3 aliphatic carbocycles. The monoisotopic (exact) mass is 222 g/mol. The Balaban J connectivity index is 1.97. The van der Waals surface area contributed by atoms with Crippen molar-refractivity contribution in [3.05, 3.63) is 0 Å². The number of fused-ring (bicyclic) bond motifs is 3. The maximum Gasteiger partial charge on any atom is -0.0294 e. The summed E-state index contributed by atoms with van der Waals surface area (Å²) < 4.78 is 0. The summed E-state index contributed by atoms with van der Waals surface area (Å²) >= 11 is 0. The van der Waals surface area contributed by atoms with E-state index in [-0.39, 0.29) is 0 Å². The molecule has 3 aliphatic rings. The molecule has 0 spiro atoms. The molecule has 0 unspecified atom stereocenters. The zero-order valence-corrected chi connectivity index (χ0v) is 11.8. The lowest BCUT2D eigenvalue weighted by molar-refractivity contribution is -0.0325. The van der Waals surface area contributed by atoms with Gasteiger partial charge in [0.25, 0.3) is 0 Å². The largest absolute Gasteiger partial charge is 0.0628 e. The standard InChI is InChI=1S/C16H30/c1-13(2)11-15-5-8-16(9-6-15,10-7-15)12-14(3)4/h13-14H,5-12H2,1-4H3. The Kier molecular flexibility index (Phi) is 3.39. The van der Waals surface area contributed by atoms with Gasteiger partial charge in [-0.3, -0.25) is 0 Å². The van der Waals surface area contributed by atoms with Crippen LogP contribution >= 0.6 is 0 Å². The number of hydrogen-bond acceptors (Lipinski definition) is 0. The molecule has 0 aliphatic heterocycles. The van der Waals surface area contributed by atoms with Crippen LogP contribution in [0, 0.1) is 22.7 Å². The summed E-state index contributed by atoms with van der Waals surface area (Å²) in [6.07, 6.45) is 12.2. The van der Waals surface area contributed by atoms with Gasteiger partial charge < -0.3 is 0 Å². The SMILES string of the molecule is CC(C)CC12CCC(CC(C)C)(CC1)CC2. The van der Waals surface area contributed by atoms with Gasteiger partial charge in [0.05, 0.1) is 0 Å². The predicted molar refractivity (Wildman–Crippen MR) is 71.5 cm³/mol. The summed E-state index contributed by atoms with van der Waals surface area (Å²) in [6, 6.07) is 0. The third-order valence-corrected chi connectivity index (χ3v) is 5.24. The molecule has 0 amide bonds. The van der Waals surface area contributed by atoms with Crippen molar-refractivity contribution >= 4 is 0 Å². The second-order valence-corrected chi connectivity index (χ2v) is 7.70. The Hall–Kier alpha value is 0. The van der Waals surface area contributed by atoms with Gasteiger partial charge >= 0.3 is 0 Å². The molecule has 2 bridgehead atoms. The Morgan fingerprint density at radius 2 is 0.875 bits per heavy atom. The highest BCUT2D eigenvalue weighted by Crippen LogP contribution is 2.60. The van der Waals surface area contributed by atoms with Gasteiger partial charge in [0, 0.05) is 0 Å². The molecule has 16 heavy (non-hydrogen) atoms. The molecular weight excluding hydrogens is 192 g/mol. The van der Waals surface area contributed by atoms with Gasteiger partial charge in [-0.25, -0.2) is 0 Å². The highest BCUT2D eigenvalue weighted by Gasteiger charge is 2.48. The molecule has 3 fully saturated rings. The first-order chi connectivity index (χ1) is 7.45. The van der Waals surface area contributed by atoms with Crippen molar-refractivity contribution < 1.29 is 0 Å². The molecule has 0 radical (unpaired) electrons. The second-order valence-electron chi connectivity index (χ2n) is 7.70. The van der Waals surface area contributed by atoms with Gasteiger partial charge in [-0.1, -0.05) is 27.7 Å². The second kappa shape index (κ2) is 4.35. The first kappa shape index (κ1) is 12.5. The summed E-state index contributed by atoms with van der Waals surface area (Å²) in [5.74, 6) is 1.80. The van der Waals surface area contributed by atoms with E-state index in [0.717, 1.165) is 22.7 Å². The van der Waals surface area contributed by atoms with Crippen molar-refractivity contribution in [1.29, 1.82) is 0 Å². The summed E-state index contributed by atoms with van der Waals surface area (Å²) in [6.45, 7) is 9.61. The van der Waals surface area contributed by atoms with Gasteiger partial charge in [0.2, 0.25) is 0 Å². The highest BCUT2D eigenvalue weighted by atomic mass is 14.5. The lowest BCUT2D eigenvalue weighted by Crippen LogP contribution is -2.42. The van der Waals surface area contributed by atoms with Crippen molar-refractivity contribution in [3.8, 4) is 0 Å². The molecule has 0 aromatic carbocycles. The molecule has 0 heteroatoms. The van der Waals surface area contributed by atoms with E-state index in [1.165, 1.54) is 51.4 Å². The van der Waals surface area contributed by atoms with E-state index in [4.69, 9.17) is 0 Å². The van der Waals surface area contributed by atoms with Crippen molar-refractivity contribution in [2.75, 3.05) is 0 Å². The minimum Gasteiger partial charge on any atom is -0.0628 e. The predicted octanol–water partition coefficient (Wildman–Crippen LogP) is 5.42. The van der Waals surface area contributed by atoms with Crippen LogP contribution in [0.15, 0.2) is 0 Å². The minimum atomic E-state index is 0.771. The van der Waals surface area contributed by atoms with Crippen LogP contribution in [0.3, 0.4) is 0 Å². The molecule has 0 saturated heterocycles. The molecule has 0 N–H and O–H groups in total. The molecule has 3 saturated carbocycles. The van der Waals surface area contributed by atoms with Gasteiger partial charge in [-0.15, -0.1) is 0 Å². The van der Waals surface area contributed by atoms with Crippen LogP contribution in [-0.4, -0.2) is 0 Å². The summed E-state index contributed by atoms with van der Waals surface area (Å²) in [4.78, 5) is 0. The first-order valence-corrected chi connectivity index (χ1v) is 7.45. The fraction of sp³-hybridized carbons (Fsp3) is 1.00. The normalized spacial score (nSPS) is 38.6. The lowest BCUT2D eigenvalue weighted by Gasteiger charge is -2.55. The van der Waals surface area contributed by atoms with Crippen LogP contribution < -0.4 is 0 Å². The van der Waals surface area contributed by atoms with Crippen molar-refractivity contribution in [3.63, 3.8) is 0 Å². The maximum absolute atomic E-state index is 2.40. The van der Waals surface area contributed by atoms with E-state index in [0.29, 0.717) is 0 Å². The lowest BCUT2D eigenvalue weighted by atomic mass is 9.50. The average molecular weight is 222 g/mol. The Morgan fingerprint density at radius 1 is 0.625 bits per heavy atom. The molecule has 0 heterocycles. The first-order valence-electron chi connectivity index (χ1n) is 7.45. The smallest absolute Gasteiger partial charge is 0.0294 e. The molecule has 0 aromatic rings. The quantitative estimate of drug-likeness (QED) is 0.596. The topological polar surface area (TPSA) is 0 Å². The minimum absolute atomic E-state index is 0.771. The molecule has 94 valence electrons. The van der Waals surface area contributed by atoms with Gasteiger partial charge in [-0.2, -0.15) is 0 Å². The summed E-state index contributed by atoms with van der Waals surface area (Å²) in [7, 11) is 0. The van der Waals surface area contributed by atoms with Crippen molar-refractivity contribution in [1.82, 2.24) is 0 Å². The van der Waals surface area contributed by atoms with E-state index in [1.807, 2.05) is 0 Å². The molecule has 3 rings (SSSR count). The number of hydrogen-bond donors (Lipinski definition) is 0. The van der Waals surface area contributed by atoms with Crippen LogP contribution in [0.5, 0.6) is 0 Å². The van der Waals surface area contributed by atoms with E-state index < -0.39 is 0 Å². The molecular formula is C16H30. The Bertz CT molecular complexity index is 186. The third-order valence-electron chi connectivity index (χ3n) is 5.24. The number of rotatable bonds is 4. The fourth-order valence-corrected chi connectivity index (χ4v) is 4.69. The van der Waals surface area contributed by atoms with Gasteiger partial charge in [-0.05, 0) is 74.0 Å². The van der Waals surface area contributed by atoms with Crippen molar-refractivity contribution in [2.24, 2.45) is 22.7 Å². The van der Waals surface area contributed by atoms with E-state index in [1.54, 1.807) is 0 Å². The average Bonchev–Trinajstić information content (AvgIpc) is 2.18. The zero-order valence-electron chi connectivity index (χ0n) is 11.8. The van der Waals surface area contributed by atoms with Crippen LogP contribution in [0.1, 0.15) is 79.1 Å². The van der Waals surface area contributed by atoms with E-state index in [2.05, 4.69) is 27.7 Å². The van der Waals surface area contributed by atoms with E-state index >= 15 is 0 Å². The third kappa shape index (κ3) is 2.46. The van der Waals surface area contributed by atoms with Crippen LogP contribution in [0.25, 0.3) is 0 Å². The molecule has 0 nitrogen and oxygen atoms in total. The Labute approximate surface area is 102 Å². The zero-order chi connectivity index (χ0) is 11.8. The van der Waals surface area contributed by atoms with Crippen LogP contribution in [0.2, 0.25) is 0 Å². The summed E-state index contributed by atoms with van der Waals surface area (Å²) in [5, 5.41) is 0. The van der Waals surface area contributed by atoms with E-state index in [9.17, 15) is 0 Å². The van der Waals surface area contributed by atoms with Crippen LogP contribution in [-0.2, 0) is 0 Å². The highest BCUT2D eigenvalue weighted by molar-refractivity contribution is 4.99. The Morgan fingerprint density at radius 3 is 1.06 bits per heavy atom. The summed E-state index contributed by atoms with van der Waals surface area (Å²) in [5.41, 5.74) is 1.54. The maximum atomic E-state index is 2.40. The molecule has 0 aromatic heterocycles. The molecule has 0 atom stereocenters. The van der Waals surface area contributed by atoms with Crippen molar-refractivity contribution in [2.45, 2.75) is 79.1 Å². The van der Waals surface area contributed by atoms with Crippen LogP contribution in [0.4, 0.5) is 0 Å².